The summed E-state index contributed by atoms with van der Waals surface area (Å²) in [6.45, 7) is 0. The molecule has 0 aliphatic heterocycles. The zero-order chi connectivity index (χ0) is 3.58. The van der Waals surface area contributed by atoms with Gasteiger partial charge in [0, 0.05) is 36.9 Å². The molecule has 0 rings (SSSR count). The first-order valence-corrected chi connectivity index (χ1v) is 1.60. The van der Waals surface area contributed by atoms with Crippen molar-refractivity contribution in [3.8, 4) is 0 Å². The van der Waals surface area contributed by atoms with Crippen molar-refractivity contribution in [1.29, 1.82) is 0 Å². The van der Waals surface area contributed by atoms with Crippen molar-refractivity contribution >= 4 is 11.4 Å². The summed E-state index contributed by atoms with van der Waals surface area (Å²) in [6, 6.07) is 0. The molecule has 0 aromatic carbocycles. The molecule has 0 saturated carbocycles. The monoisotopic (exact) mass is 251 g/mol. The van der Waals surface area contributed by atoms with Crippen molar-refractivity contribution in [2.75, 3.05) is 0 Å². The van der Waals surface area contributed by atoms with E-state index >= 15 is 0 Å². The Balaban J connectivity index is 0. The van der Waals surface area contributed by atoms with Gasteiger partial charge in [0.2, 0.25) is 0 Å². The first-order chi connectivity index (χ1) is 1.73. The summed E-state index contributed by atoms with van der Waals surface area (Å²) in [7, 11) is 0. The summed E-state index contributed by atoms with van der Waals surface area (Å²) in [5.41, 5.74) is 0. The molecular weight excluding hydrogens is 249 g/mol. The van der Waals surface area contributed by atoms with Crippen LogP contribution < -0.4 is 0 Å². The summed E-state index contributed by atoms with van der Waals surface area (Å²) < 4.78 is 22.8. The summed E-state index contributed by atoms with van der Waals surface area (Å²) >= 11 is -2.61. The van der Waals surface area contributed by atoms with Crippen molar-refractivity contribution in [3.63, 3.8) is 0 Å². The van der Waals surface area contributed by atoms with Crippen molar-refractivity contribution < 1.29 is 50.2 Å². The average Bonchev–Trinajstić information content (AvgIpc) is 0.811. The van der Waals surface area contributed by atoms with Gasteiger partial charge < -0.3 is 0 Å². The Morgan fingerprint density at radius 1 is 1.40 bits per heavy atom. The van der Waals surface area contributed by atoms with Crippen LogP contribution in [-0.4, -0.2) is 13.3 Å². The molecular formula is H2O3STm. The Labute approximate surface area is 61.1 Å². The summed E-state index contributed by atoms with van der Waals surface area (Å²) in [6.07, 6.45) is 0. The van der Waals surface area contributed by atoms with E-state index in [2.05, 4.69) is 0 Å². The molecule has 0 aromatic rings. The second-order valence-electron chi connectivity index (χ2n) is 0.231. The molecule has 0 bridgehead atoms. The van der Waals surface area contributed by atoms with Gasteiger partial charge in [-0.3, -0.25) is 9.11 Å². The maximum atomic E-state index is 8.67. The van der Waals surface area contributed by atoms with Gasteiger partial charge in [-0.1, -0.05) is 0 Å². The molecule has 0 saturated heterocycles. The fourth-order valence-corrected chi connectivity index (χ4v) is 0. The zero-order valence-electron chi connectivity index (χ0n) is 1.99. The maximum Gasteiger partial charge on any atom is 0.299 e. The quantitative estimate of drug-likeness (QED) is 0.580. The summed E-state index contributed by atoms with van der Waals surface area (Å²) in [4.78, 5) is 0. The van der Waals surface area contributed by atoms with Crippen LogP contribution in [-0.2, 0) is 11.4 Å². The van der Waals surface area contributed by atoms with Crippen LogP contribution in [0.15, 0.2) is 0 Å². The number of rotatable bonds is 0. The Morgan fingerprint density at radius 2 is 1.40 bits per heavy atom. The Kier molecular flexibility index (Phi) is 10.2. The molecule has 0 aromatic heterocycles. The first kappa shape index (κ1) is 9.57. The van der Waals surface area contributed by atoms with E-state index in [9.17, 15) is 0 Å². The fourth-order valence-electron chi connectivity index (χ4n) is 0. The van der Waals surface area contributed by atoms with E-state index in [1.807, 2.05) is 0 Å². The standard InChI is InChI=1S/H2O3S.Tm/c1-4(2)3;/h(H2,1,2,3);. The van der Waals surface area contributed by atoms with E-state index in [0.29, 0.717) is 0 Å². The van der Waals surface area contributed by atoms with E-state index in [1.165, 1.54) is 0 Å². The molecule has 5 heteroatoms. The Hall–Kier alpha value is 1.30. The largest absolute Gasteiger partial charge is 0.299 e. The third kappa shape index (κ3) is 34.1. The van der Waals surface area contributed by atoms with Crippen LogP contribution in [0.25, 0.3) is 0 Å². The molecule has 2 N–H and O–H groups in total. The minimum absolute atomic E-state index is 0. The van der Waals surface area contributed by atoms with Crippen LogP contribution in [0.5, 0.6) is 0 Å². The third-order valence-electron chi connectivity index (χ3n) is 0. The molecule has 0 aliphatic carbocycles. The molecule has 0 spiro atoms. The molecule has 0 heterocycles. The molecule has 0 unspecified atom stereocenters. The van der Waals surface area contributed by atoms with Crippen molar-refractivity contribution in [1.82, 2.24) is 0 Å². The van der Waals surface area contributed by atoms with Crippen LogP contribution in [0.2, 0.25) is 0 Å². The van der Waals surface area contributed by atoms with E-state index in [1.54, 1.807) is 0 Å². The van der Waals surface area contributed by atoms with Gasteiger partial charge in [0.1, 0.15) is 0 Å². The predicted octanol–water partition coefficient (Wildman–Crippen LogP) is -0.319. The Bertz CT molecular complexity index is 29.9. The number of hydrogen-bond donors (Lipinski definition) is 2. The van der Waals surface area contributed by atoms with Gasteiger partial charge in [-0.15, -0.1) is 0 Å². The van der Waals surface area contributed by atoms with Gasteiger partial charge >= 0.3 is 0 Å². The third-order valence-corrected chi connectivity index (χ3v) is 0. The Morgan fingerprint density at radius 3 is 1.40 bits per heavy atom. The van der Waals surface area contributed by atoms with E-state index < -0.39 is 11.4 Å². The molecule has 0 fully saturated rings. The zero-order valence-corrected chi connectivity index (χ0v) is 4.58. The minimum Gasteiger partial charge on any atom is -0.284 e. The van der Waals surface area contributed by atoms with Gasteiger partial charge in [0.15, 0.2) is 0 Å². The second-order valence-corrected chi connectivity index (χ2v) is 0.692. The van der Waals surface area contributed by atoms with Crippen molar-refractivity contribution in [2.24, 2.45) is 0 Å². The smallest absolute Gasteiger partial charge is 0.284 e. The van der Waals surface area contributed by atoms with Crippen molar-refractivity contribution in [3.05, 3.63) is 0 Å². The van der Waals surface area contributed by atoms with Crippen molar-refractivity contribution in [2.45, 2.75) is 0 Å². The average molecular weight is 251 g/mol. The molecule has 1 radical (unpaired) electrons. The predicted molar refractivity (Wildman–Crippen MR) is 13.4 cm³/mol. The second kappa shape index (κ2) is 5.30. The van der Waals surface area contributed by atoms with Crippen LogP contribution in [0.3, 0.4) is 0 Å². The minimum atomic E-state index is -2.61. The van der Waals surface area contributed by atoms with Gasteiger partial charge in [0.25, 0.3) is 11.4 Å². The summed E-state index contributed by atoms with van der Waals surface area (Å²) in [5.74, 6) is 0. The first-order valence-electron chi connectivity index (χ1n) is 0.532. The van der Waals surface area contributed by atoms with Gasteiger partial charge in [-0.05, 0) is 0 Å². The van der Waals surface area contributed by atoms with Crippen LogP contribution in [0.4, 0.5) is 0 Å². The SMILES string of the molecule is O=S(O)O.[Tm]. The topological polar surface area (TPSA) is 57.5 Å². The molecule has 0 amide bonds. The van der Waals surface area contributed by atoms with Crippen LogP contribution in [0.1, 0.15) is 0 Å². The molecule has 0 aliphatic rings. The molecule has 3 nitrogen and oxygen atoms in total. The van der Waals surface area contributed by atoms with E-state index in [4.69, 9.17) is 13.3 Å². The fraction of sp³-hybridized carbons (Fsp3) is 0. The van der Waals surface area contributed by atoms with E-state index in [0.717, 1.165) is 0 Å². The normalized spacial score (nSPS) is 7.00. The summed E-state index contributed by atoms with van der Waals surface area (Å²) in [5, 5.41) is 0. The number of hydrogen-bond acceptors (Lipinski definition) is 1. The maximum absolute atomic E-state index is 8.67. The van der Waals surface area contributed by atoms with E-state index in [-0.39, 0.29) is 36.9 Å². The molecule has 39 valence electrons. The van der Waals surface area contributed by atoms with Gasteiger partial charge in [-0.25, -0.2) is 0 Å². The van der Waals surface area contributed by atoms with Gasteiger partial charge in [0.05, 0.1) is 0 Å². The van der Waals surface area contributed by atoms with Crippen LogP contribution in [0, 0.1) is 36.9 Å². The van der Waals surface area contributed by atoms with Gasteiger partial charge in [-0.2, -0.15) is 4.21 Å². The molecule has 5 heavy (non-hydrogen) atoms. The molecule has 0 atom stereocenters. The van der Waals surface area contributed by atoms with Crippen LogP contribution >= 0.6 is 0 Å².